The van der Waals surface area contributed by atoms with Crippen molar-refractivity contribution in [1.29, 1.82) is 0 Å². The molecule has 0 bridgehead atoms. The number of rotatable bonds is 6. The Hall–Kier alpha value is -0.910. The molecule has 2 rings (SSSR count). The predicted molar refractivity (Wildman–Crippen MR) is 75.8 cm³/mol. The Bertz CT molecular complexity index is 529. The smallest absolute Gasteiger partial charge is 0.155 e. The van der Waals surface area contributed by atoms with Crippen LogP contribution in [0.15, 0.2) is 30.3 Å². The Morgan fingerprint density at radius 1 is 1.26 bits per heavy atom. The van der Waals surface area contributed by atoms with E-state index in [0.29, 0.717) is 6.61 Å². The number of hydrogen-bond donors (Lipinski definition) is 1. The molecule has 1 aliphatic carbocycles. The standard InChI is InChI=1S/C14H21NO3S/c1-3-18-10-14(15)12(11-8-6-5-7-9-11)13(14)19(16,17)4-2/h5-9,12-13H,3-4,10,15H2,1-2H3/t12-,13+,14-/m1/s1. The summed E-state index contributed by atoms with van der Waals surface area (Å²) in [6.45, 7) is 4.37. The minimum atomic E-state index is -3.17. The number of nitrogens with two attached hydrogens (primary N) is 1. The quantitative estimate of drug-likeness (QED) is 0.855. The van der Waals surface area contributed by atoms with Gasteiger partial charge in [-0.05, 0) is 12.5 Å². The van der Waals surface area contributed by atoms with E-state index in [0.717, 1.165) is 5.56 Å². The van der Waals surface area contributed by atoms with Gasteiger partial charge in [0.1, 0.15) is 0 Å². The van der Waals surface area contributed by atoms with Crippen molar-refractivity contribution < 1.29 is 13.2 Å². The molecule has 0 unspecified atom stereocenters. The third kappa shape index (κ3) is 2.55. The Labute approximate surface area is 114 Å². The summed E-state index contributed by atoms with van der Waals surface area (Å²) in [4.78, 5) is 0. The molecule has 0 heterocycles. The lowest BCUT2D eigenvalue weighted by molar-refractivity contribution is 0.125. The maximum atomic E-state index is 12.2. The molecule has 1 fully saturated rings. The Morgan fingerprint density at radius 2 is 1.89 bits per heavy atom. The zero-order valence-corrected chi connectivity index (χ0v) is 12.2. The van der Waals surface area contributed by atoms with E-state index in [1.807, 2.05) is 37.3 Å². The molecule has 19 heavy (non-hydrogen) atoms. The van der Waals surface area contributed by atoms with Crippen LogP contribution in [0, 0.1) is 0 Å². The second-order valence-corrected chi connectivity index (χ2v) is 7.42. The predicted octanol–water partition coefficient (Wildman–Crippen LogP) is 1.32. The lowest BCUT2D eigenvalue weighted by Gasteiger charge is -2.11. The van der Waals surface area contributed by atoms with Crippen molar-refractivity contribution in [2.24, 2.45) is 5.73 Å². The minimum Gasteiger partial charge on any atom is -0.380 e. The van der Waals surface area contributed by atoms with Crippen LogP contribution in [0.4, 0.5) is 0 Å². The van der Waals surface area contributed by atoms with Gasteiger partial charge in [0, 0.05) is 18.3 Å². The normalized spacial score (nSPS) is 30.3. The highest BCUT2D eigenvalue weighted by Gasteiger charge is 2.68. The van der Waals surface area contributed by atoms with Gasteiger partial charge in [0.15, 0.2) is 9.84 Å². The molecule has 5 heteroatoms. The highest BCUT2D eigenvalue weighted by Crippen LogP contribution is 2.54. The monoisotopic (exact) mass is 283 g/mol. The van der Waals surface area contributed by atoms with Gasteiger partial charge in [0.25, 0.3) is 0 Å². The van der Waals surface area contributed by atoms with Crippen LogP contribution in [0.1, 0.15) is 25.3 Å². The van der Waals surface area contributed by atoms with E-state index in [4.69, 9.17) is 10.5 Å². The molecular formula is C14H21NO3S. The Kier molecular flexibility index (Phi) is 3.99. The van der Waals surface area contributed by atoms with Crippen LogP contribution in [0.25, 0.3) is 0 Å². The van der Waals surface area contributed by atoms with Gasteiger partial charge in [-0.25, -0.2) is 8.42 Å². The van der Waals surface area contributed by atoms with E-state index in [1.54, 1.807) is 6.92 Å². The molecule has 0 spiro atoms. The van der Waals surface area contributed by atoms with E-state index in [-0.39, 0.29) is 18.3 Å². The summed E-state index contributed by atoms with van der Waals surface area (Å²) in [6, 6.07) is 9.59. The SMILES string of the molecule is CCOC[C@@]1(N)[C@H](c2ccccc2)[C@@H]1S(=O)(=O)CC. The van der Waals surface area contributed by atoms with Gasteiger partial charge in [0.2, 0.25) is 0 Å². The number of hydrogen-bond acceptors (Lipinski definition) is 4. The fourth-order valence-corrected chi connectivity index (χ4v) is 4.73. The van der Waals surface area contributed by atoms with E-state index in [1.165, 1.54) is 0 Å². The molecule has 1 saturated carbocycles. The number of benzene rings is 1. The molecule has 0 radical (unpaired) electrons. The van der Waals surface area contributed by atoms with E-state index in [9.17, 15) is 8.42 Å². The molecular weight excluding hydrogens is 262 g/mol. The lowest BCUT2D eigenvalue weighted by atomic mass is 10.1. The maximum Gasteiger partial charge on any atom is 0.155 e. The second-order valence-electron chi connectivity index (χ2n) is 5.01. The first-order valence-corrected chi connectivity index (χ1v) is 8.32. The van der Waals surface area contributed by atoms with E-state index < -0.39 is 20.6 Å². The Morgan fingerprint density at radius 3 is 2.42 bits per heavy atom. The van der Waals surface area contributed by atoms with Gasteiger partial charge < -0.3 is 10.5 Å². The van der Waals surface area contributed by atoms with Gasteiger partial charge in [-0.3, -0.25) is 0 Å². The Balaban J connectivity index is 2.31. The van der Waals surface area contributed by atoms with Gasteiger partial charge in [-0.1, -0.05) is 37.3 Å². The van der Waals surface area contributed by atoms with Gasteiger partial charge in [-0.2, -0.15) is 0 Å². The van der Waals surface area contributed by atoms with Gasteiger partial charge in [-0.15, -0.1) is 0 Å². The average molecular weight is 283 g/mol. The average Bonchev–Trinajstić information content (AvgIpc) is 3.05. The molecule has 1 aromatic carbocycles. The second kappa shape index (κ2) is 5.23. The van der Waals surface area contributed by atoms with Crippen molar-refractivity contribution in [3.8, 4) is 0 Å². The summed E-state index contributed by atoms with van der Waals surface area (Å²) in [7, 11) is -3.17. The lowest BCUT2D eigenvalue weighted by Crippen LogP contribution is -2.36. The summed E-state index contributed by atoms with van der Waals surface area (Å²) in [5.74, 6) is -0.0447. The van der Waals surface area contributed by atoms with Crippen molar-refractivity contribution in [2.45, 2.75) is 30.6 Å². The summed E-state index contributed by atoms with van der Waals surface area (Å²) in [5, 5.41) is -0.529. The van der Waals surface area contributed by atoms with E-state index in [2.05, 4.69) is 0 Å². The van der Waals surface area contributed by atoms with Crippen LogP contribution in [0.3, 0.4) is 0 Å². The largest absolute Gasteiger partial charge is 0.380 e. The highest BCUT2D eigenvalue weighted by molar-refractivity contribution is 7.92. The van der Waals surface area contributed by atoms with Crippen molar-refractivity contribution in [1.82, 2.24) is 0 Å². The fraction of sp³-hybridized carbons (Fsp3) is 0.571. The number of sulfone groups is 1. The van der Waals surface area contributed by atoms with Gasteiger partial charge >= 0.3 is 0 Å². The van der Waals surface area contributed by atoms with Crippen LogP contribution in [-0.4, -0.2) is 38.2 Å². The first-order valence-electron chi connectivity index (χ1n) is 6.60. The molecule has 1 aromatic rings. The topological polar surface area (TPSA) is 69.4 Å². The van der Waals surface area contributed by atoms with Crippen molar-refractivity contribution >= 4 is 9.84 Å². The first-order chi connectivity index (χ1) is 8.97. The zero-order chi connectivity index (χ0) is 14.1. The summed E-state index contributed by atoms with van der Waals surface area (Å²) < 4.78 is 29.8. The highest BCUT2D eigenvalue weighted by atomic mass is 32.2. The van der Waals surface area contributed by atoms with Crippen molar-refractivity contribution in [3.63, 3.8) is 0 Å². The molecule has 2 N–H and O–H groups in total. The fourth-order valence-electron chi connectivity index (χ4n) is 2.74. The van der Waals surface area contributed by atoms with Crippen molar-refractivity contribution in [2.75, 3.05) is 19.0 Å². The van der Waals surface area contributed by atoms with Crippen LogP contribution in [-0.2, 0) is 14.6 Å². The third-order valence-electron chi connectivity index (χ3n) is 3.81. The summed E-state index contributed by atoms with van der Waals surface area (Å²) >= 11 is 0. The van der Waals surface area contributed by atoms with Crippen LogP contribution >= 0.6 is 0 Å². The summed E-state index contributed by atoms with van der Waals surface area (Å²) in [6.07, 6.45) is 0. The molecule has 106 valence electrons. The molecule has 0 aromatic heterocycles. The molecule has 4 nitrogen and oxygen atoms in total. The van der Waals surface area contributed by atoms with Gasteiger partial charge in [0.05, 0.1) is 17.4 Å². The molecule has 3 atom stereocenters. The molecule has 0 amide bonds. The minimum absolute atomic E-state index is 0.117. The summed E-state index contributed by atoms with van der Waals surface area (Å²) in [5.41, 5.74) is 6.50. The molecule has 1 aliphatic rings. The number of ether oxygens (including phenoxy) is 1. The molecule has 0 saturated heterocycles. The zero-order valence-electron chi connectivity index (χ0n) is 11.4. The third-order valence-corrected chi connectivity index (χ3v) is 6.10. The van der Waals surface area contributed by atoms with Crippen LogP contribution < -0.4 is 5.73 Å². The molecule has 0 aliphatic heterocycles. The maximum absolute atomic E-state index is 12.2. The van der Waals surface area contributed by atoms with Crippen LogP contribution in [0.5, 0.6) is 0 Å². The first kappa shape index (κ1) is 14.5. The van der Waals surface area contributed by atoms with E-state index >= 15 is 0 Å². The van der Waals surface area contributed by atoms with Crippen molar-refractivity contribution in [3.05, 3.63) is 35.9 Å². The van der Waals surface area contributed by atoms with Crippen LogP contribution in [0.2, 0.25) is 0 Å².